The van der Waals surface area contributed by atoms with Gasteiger partial charge in [-0.2, -0.15) is 0 Å². The number of hydrogen-bond acceptors (Lipinski definition) is 3. The third-order valence-corrected chi connectivity index (χ3v) is 3.74. The van der Waals surface area contributed by atoms with Gasteiger partial charge >= 0.3 is 0 Å². The van der Waals surface area contributed by atoms with Gasteiger partial charge in [0.05, 0.1) is 0 Å². The SMILES string of the molecule is CCSc1ccc(CN2CCNCC2)cc1. The third-order valence-electron chi connectivity index (χ3n) is 2.85. The van der Waals surface area contributed by atoms with E-state index in [9.17, 15) is 0 Å². The van der Waals surface area contributed by atoms with Crippen molar-refractivity contribution < 1.29 is 0 Å². The van der Waals surface area contributed by atoms with Crippen molar-refractivity contribution in [2.45, 2.75) is 18.4 Å². The Morgan fingerprint density at radius 2 is 1.88 bits per heavy atom. The predicted octanol–water partition coefficient (Wildman–Crippen LogP) is 2.20. The fraction of sp³-hybridized carbons (Fsp3) is 0.538. The Hall–Kier alpha value is -0.510. The molecule has 2 rings (SSSR count). The maximum absolute atomic E-state index is 3.38. The van der Waals surface area contributed by atoms with Crippen LogP contribution in [0.1, 0.15) is 12.5 Å². The quantitative estimate of drug-likeness (QED) is 0.807. The highest BCUT2D eigenvalue weighted by molar-refractivity contribution is 7.99. The van der Waals surface area contributed by atoms with Crippen LogP contribution >= 0.6 is 11.8 Å². The van der Waals surface area contributed by atoms with E-state index in [4.69, 9.17) is 0 Å². The smallest absolute Gasteiger partial charge is 0.0234 e. The zero-order valence-corrected chi connectivity index (χ0v) is 10.7. The van der Waals surface area contributed by atoms with Crippen LogP contribution in [0.4, 0.5) is 0 Å². The summed E-state index contributed by atoms with van der Waals surface area (Å²) in [5.74, 6) is 1.15. The van der Waals surface area contributed by atoms with Crippen molar-refractivity contribution in [1.29, 1.82) is 0 Å². The van der Waals surface area contributed by atoms with Crippen LogP contribution in [0.15, 0.2) is 29.2 Å². The summed E-state index contributed by atoms with van der Waals surface area (Å²) < 4.78 is 0. The van der Waals surface area contributed by atoms with Crippen LogP contribution in [0.2, 0.25) is 0 Å². The van der Waals surface area contributed by atoms with Gasteiger partial charge in [0.25, 0.3) is 0 Å². The highest BCUT2D eigenvalue weighted by Gasteiger charge is 2.09. The standard InChI is InChI=1S/C13H20N2S/c1-2-16-13-5-3-12(4-6-13)11-15-9-7-14-8-10-15/h3-6,14H,2,7-11H2,1H3. The summed E-state index contributed by atoms with van der Waals surface area (Å²) >= 11 is 1.91. The lowest BCUT2D eigenvalue weighted by molar-refractivity contribution is 0.233. The Bertz CT molecular complexity index is 304. The van der Waals surface area contributed by atoms with Crippen molar-refractivity contribution in [3.8, 4) is 0 Å². The molecule has 0 aliphatic carbocycles. The molecule has 1 aliphatic heterocycles. The molecule has 1 aliphatic rings. The van der Waals surface area contributed by atoms with Gasteiger partial charge in [0, 0.05) is 37.6 Å². The van der Waals surface area contributed by atoms with Crippen LogP contribution in [-0.4, -0.2) is 36.8 Å². The van der Waals surface area contributed by atoms with Gasteiger partial charge in [0.1, 0.15) is 0 Å². The van der Waals surface area contributed by atoms with Crippen molar-refractivity contribution in [2.24, 2.45) is 0 Å². The molecule has 0 radical (unpaired) electrons. The molecule has 1 fully saturated rings. The van der Waals surface area contributed by atoms with Crippen molar-refractivity contribution in [2.75, 3.05) is 31.9 Å². The normalized spacial score (nSPS) is 17.6. The first-order valence-electron chi connectivity index (χ1n) is 6.03. The molecule has 0 atom stereocenters. The van der Waals surface area contributed by atoms with E-state index < -0.39 is 0 Å². The number of rotatable bonds is 4. The predicted molar refractivity (Wildman–Crippen MR) is 71.0 cm³/mol. The average Bonchev–Trinajstić information content (AvgIpc) is 2.33. The lowest BCUT2D eigenvalue weighted by atomic mass is 10.2. The van der Waals surface area contributed by atoms with Crippen molar-refractivity contribution in [1.82, 2.24) is 10.2 Å². The average molecular weight is 236 g/mol. The summed E-state index contributed by atoms with van der Waals surface area (Å²) in [5, 5.41) is 3.38. The second-order valence-electron chi connectivity index (χ2n) is 4.10. The molecule has 0 saturated carbocycles. The van der Waals surface area contributed by atoms with Gasteiger partial charge in [-0.05, 0) is 23.4 Å². The van der Waals surface area contributed by atoms with Crippen molar-refractivity contribution >= 4 is 11.8 Å². The number of piperazine rings is 1. The molecule has 1 aromatic rings. The van der Waals surface area contributed by atoms with E-state index in [1.807, 2.05) is 11.8 Å². The van der Waals surface area contributed by atoms with E-state index in [-0.39, 0.29) is 0 Å². The highest BCUT2D eigenvalue weighted by Crippen LogP contribution is 2.18. The summed E-state index contributed by atoms with van der Waals surface area (Å²) in [6.45, 7) is 7.89. The number of nitrogens with one attached hydrogen (secondary N) is 1. The summed E-state index contributed by atoms with van der Waals surface area (Å²) in [4.78, 5) is 3.89. The zero-order chi connectivity index (χ0) is 11.2. The Kier molecular flexibility index (Phi) is 4.69. The van der Waals surface area contributed by atoms with Crippen molar-refractivity contribution in [3.05, 3.63) is 29.8 Å². The first kappa shape index (κ1) is 12.0. The maximum atomic E-state index is 3.38. The highest BCUT2D eigenvalue weighted by atomic mass is 32.2. The van der Waals surface area contributed by atoms with E-state index >= 15 is 0 Å². The van der Waals surface area contributed by atoms with Gasteiger partial charge in [-0.25, -0.2) is 0 Å². The first-order valence-corrected chi connectivity index (χ1v) is 7.02. The Labute approximate surface area is 102 Å². The van der Waals surface area contributed by atoms with Crippen LogP contribution < -0.4 is 5.32 Å². The largest absolute Gasteiger partial charge is 0.314 e. The van der Waals surface area contributed by atoms with E-state index in [0.717, 1.165) is 25.4 Å². The van der Waals surface area contributed by atoms with Crippen LogP contribution in [0.3, 0.4) is 0 Å². The van der Waals surface area contributed by atoms with Crippen molar-refractivity contribution in [3.63, 3.8) is 0 Å². The Morgan fingerprint density at radius 1 is 1.19 bits per heavy atom. The van der Waals surface area contributed by atoms with Gasteiger partial charge in [0.2, 0.25) is 0 Å². The van der Waals surface area contributed by atoms with E-state index in [0.29, 0.717) is 0 Å². The fourth-order valence-electron chi connectivity index (χ4n) is 1.99. The van der Waals surface area contributed by atoms with E-state index in [1.165, 1.54) is 23.5 Å². The van der Waals surface area contributed by atoms with Crippen LogP contribution in [-0.2, 0) is 6.54 Å². The maximum Gasteiger partial charge on any atom is 0.0234 e. The summed E-state index contributed by atoms with van der Waals surface area (Å²) in [7, 11) is 0. The molecule has 1 heterocycles. The molecule has 0 spiro atoms. The minimum absolute atomic E-state index is 1.10. The third kappa shape index (κ3) is 3.51. The second kappa shape index (κ2) is 6.28. The second-order valence-corrected chi connectivity index (χ2v) is 5.44. The summed E-state index contributed by atoms with van der Waals surface area (Å²) in [5.41, 5.74) is 1.43. The van der Waals surface area contributed by atoms with E-state index in [1.54, 1.807) is 0 Å². The number of benzene rings is 1. The van der Waals surface area contributed by atoms with Gasteiger partial charge < -0.3 is 5.32 Å². The molecule has 0 bridgehead atoms. The lowest BCUT2D eigenvalue weighted by Gasteiger charge is -2.27. The minimum atomic E-state index is 1.10. The van der Waals surface area contributed by atoms with Gasteiger partial charge in [-0.1, -0.05) is 19.1 Å². The molecule has 1 N–H and O–H groups in total. The van der Waals surface area contributed by atoms with Gasteiger partial charge in [-0.3, -0.25) is 4.90 Å². The first-order chi connectivity index (χ1) is 7.88. The Morgan fingerprint density at radius 3 is 2.50 bits per heavy atom. The van der Waals surface area contributed by atoms with E-state index in [2.05, 4.69) is 41.4 Å². The molecule has 0 unspecified atom stereocenters. The zero-order valence-electron chi connectivity index (χ0n) is 9.91. The molecule has 2 nitrogen and oxygen atoms in total. The van der Waals surface area contributed by atoms with Crippen LogP contribution in [0.5, 0.6) is 0 Å². The topological polar surface area (TPSA) is 15.3 Å². The number of nitrogens with zero attached hydrogens (tertiary/aromatic N) is 1. The minimum Gasteiger partial charge on any atom is -0.314 e. The monoisotopic (exact) mass is 236 g/mol. The summed E-state index contributed by atoms with van der Waals surface area (Å²) in [6, 6.07) is 9.01. The Balaban J connectivity index is 1.88. The van der Waals surface area contributed by atoms with Crippen LogP contribution in [0.25, 0.3) is 0 Å². The molecule has 0 aromatic heterocycles. The molecule has 16 heavy (non-hydrogen) atoms. The number of hydrogen-bond donors (Lipinski definition) is 1. The molecular formula is C13H20N2S. The van der Waals surface area contributed by atoms with Gasteiger partial charge in [0.15, 0.2) is 0 Å². The molecule has 1 aromatic carbocycles. The fourth-order valence-corrected chi connectivity index (χ4v) is 2.65. The van der Waals surface area contributed by atoms with Gasteiger partial charge in [-0.15, -0.1) is 11.8 Å². The molecule has 3 heteroatoms. The molecule has 88 valence electrons. The lowest BCUT2D eigenvalue weighted by Crippen LogP contribution is -2.42. The molecule has 1 saturated heterocycles. The molecular weight excluding hydrogens is 216 g/mol. The van der Waals surface area contributed by atoms with Crippen LogP contribution in [0, 0.1) is 0 Å². The molecule has 0 amide bonds. The number of thioether (sulfide) groups is 1. The summed E-state index contributed by atoms with van der Waals surface area (Å²) in [6.07, 6.45) is 0.